The number of aliphatic carboxylic acids is 2. The lowest BCUT2D eigenvalue weighted by Gasteiger charge is -2.15. The second-order valence-electron chi connectivity index (χ2n) is 4.83. The topological polar surface area (TPSA) is 223 Å². The fourth-order valence-corrected chi connectivity index (χ4v) is 1.59. The van der Waals surface area contributed by atoms with Gasteiger partial charge in [0.25, 0.3) is 0 Å². The van der Waals surface area contributed by atoms with Crippen molar-refractivity contribution < 1.29 is 29.4 Å². The van der Waals surface area contributed by atoms with E-state index >= 15 is 0 Å². The Morgan fingerprint density at radius 2 is 1.75 bits per heavy atom. The van der Waals surface area contributed by atoms with Crippen LogP contribution in [0.1, 0.15) is 19.3 Å². The first-order chi connectivity index (χ1) is 11.1. The van der Waals surface area contributed by atoms with Crippen molar-refractivity contribution in [2.75, 3.05) is 13.1 Å². The van der Waals surface area contributed by atoms with Crippen LogP contribution >= 0.6 is 0 Å². The third kappa shape index (κ3) is 9.94. The van der Waals surface area contributed by atoms with Crippen LogP contribution in [0.2, 0.25) is 0 Å². The maximum absolute atomic E-state index is 11.6. The van der Waals surface area contributed by atoms with Crippen LogP contribution in [0.5, 0.6) is 0 Å². The minimum atomic E-state index is -1.30. The van der Waals surface area contributed by atoms with E-state index in [2.05, 4.69) is 15.6 Å². The molecule has 0 aromatic carbocycles. The second-order valence-corrected chi connectivity index (χ2v) is 4.83. The van der Waals surface area contributed by atoms with E-state index in [4.69, 9.17) is 27.4 Å². The van der Waals surface area contributed by atoms with Crippen molar-refractivity contribution in [1.82, 2.24) is 10.6 Å². The third-order valence-corrected chi connectivity index (χ3v) is 2.73. The maximum Gasteiger partial charge on any atom is 0.326 e. The number of carbonyl (C=O) groups excluding carboxylic acids is 2. The summed E-state index contributed by atoms with van der Waals surface area (Å²) in [5.41, 5.74) is 15.6. The highest BCUT2D eigenvalue weighted by Crippen LogP contribution is 1.98. The number of nitrogens with one attached hydrogen (secondary N) is 2. The first kappa shape index (κ1) is 21.1. The summed E-state index contributed by atoms with van der Waals surface area (Å²) in [6.45, 7) is -0.313. The lowest BCUT2D eigenvalue weighted by molar-refractivity contribution is -0.142. The second kappa shape index (κ2) is 10.8. The molecular weight excluding hydrogens is 324 g/mol. The molecule has 0 saturated carbocycles. The molecule has 0 spiro atoms. The lowest BCUT2D eigenvalue weighted by atomic mass is 10.1. The molecule has 10 N–H and O–H groups in total. The zero-order valence-corrected chi connectivity index (χ0v) is 12.9. The fourth-order valence-electron chi connectivity index (χ4n) is 1.59. The molecular formula is C12H22N6O6. The Morgan fingerprint density at radius 3 is 2.25 bits per heavy atom. The van der Waals surface area contributed by atoms with Crippen molar-refractivity contribution in [1.29, 1.82) is 0 Å². The number of rotatable bonds is 11. The van der Waals surface area contributed by atoms with Gasteiger partial charge in [-0.3, -0.25) is 19.4 Å². The SMILES string of the molecule is NC(N)=NCCCC(NC(=O)CNC(=O)C(N)CC(=O)O)C(=O)O. The van der Waals surface area contributed by atoms with Crippen molar-refractivity contribution in [3.05, 3.63) is 0 Å². The Bertz CT molecular complexity index is 504. The minimum Gasteiger partial charge on any atom is -0.481 e. The molecule has 0 bridgehead atoms. The molecule has 24 heavy (non-hydrogen) atoms. The standard InChI is InChI=1S/C12H22N6O6/c13-6(4-9(20)21)10(22)17-5-8(19)18-7(11(23)24)2-1-3-16-12(14)15/h6-7H,1-5,13H2,(H,17,22)(H,18,19)(H,20,21)(H,23,24)(H4,14,15,16). The van der Waals surface area contributed by atoms with Gasteiger partial charge in [0, 0.05) is 6.54 Å². The van der Waals surface area contributed by atoms with Crippen molar-refractivity contribution in [3.8, 4) is 0 Å². The Balaban J connectivity index is 4.28. The van der Waals surface area contributed by atoms with Crippen molar-refractivity contribution >= 4 is 29.7 Å². The van der Waals surface area contributed by atoms with Crippen LogP contribution in [-0.2, 0) is 19.2 Å². The van der Waals surface area contributed by atoms with E-state index in [1.54, 1.807) is 0 Å². The van der Waals surface area contributed by atoms with Crippen molar-refractivity contribution in [2.24, 2.45) is 22.2 Å². The number of carboxylic acids is 2. The van der Waals surface area contributed by atoms with Gasteiger partial charge in [-0.15, -0.1) is 0 Å². The number of carbonyl (C=O) groups is 4. The summed E-state index contributed by atoms with van der Waals surface area (Å²) in [6, 6.07) is -2.47. The predicted octanol–water partition coefficient (Wildman–Crippen LogP) is -3.47. The molecule has 0 radical (unpaired) electrons. The van der Waals surface area contributed by atoms with E-state index in [0.717, 1.165) is 0 Å². The molecule has 0 aliphatic rings. The van der Waals surface area contributed by atoms with Crippen LogP contribution in [0.4, 0.5) is 0 Å². The molecule has 0 aromatic heterocycles. The summed E-state index contributed by atoms with van der Waals surface area (Å²) < 4.78 is 0. The van der Waals surface area contributed by atoms with E-state index < -0.39 is 48.8 Å². The molecule has 2 unspecified atom stereocenters. The van der Waals surface area contributed by atoms with E-state index in [1.165, 1.54) is 0 Å². The van der Waals surface area contributed by atoms with E-state index in [0.29, 0.717) is 6.42 Å². The first-order valence-corrected chi connectivity index (χ1v) is 6.96. The maximum atomic E-state index is 11.6. The van der Waals surface area contributed by atoms with Gasteiger partial charge in [0.1, 0.15) is 6.04 Å². The van der Waals surface area contributed by atoms with Crippen molar-refractivity contribution in [2.45, 2.75) is 31.3 Å². The van der Waals surface area contributed by atoms with Crippen LogP contribution in [0.3, 0.4) is 0 Å². The Morgan fingerprint density at radius 1 is 1.12 bits per heavy atom. The van der Waals surface area contributed by atoms with Gasteiger partial charge in [-0.1, -0.05) is 0 Å². The van der Waals surface area contributed by atoms with E-state index in [9.17, 15) is 19.2 Å². The monoisotopic (exact) mass is 346 g/mol. The average molecular weight is 346 g/mol. The Labute approximate surface area is 137 Å². The Hall–Kier alpha value is -2.89. The molecule has 12 heteroatoms. The molecule has 2 amide bonds. The molecule has 136 valence electrons. The third-order valence-electron chi connectivity index (χ3n) is 2.73. The van der Waals surface area contributed by atoms with E-state index in [-0.39, 0.29) is 18.9 Å². The summed E-state index contributed by atoms with van der Waals surface area (Å²) in [4.78, 5) is 48.2. The number of nitrogens with two attached hydrogens (primary N) is 3. The molecule has 0 aliphatic carbocycles. The lowest BCUT2D eigenvalue weighted by Crippen LogP contribution is -2.48. The molecule has 0 heterocycles. The smallest absolute Gasteiger partial charge is 0.326 e. The van der Waals surface area contributed by atoms with Crippen molar-refractivity contribution in [3.63, 3.8) is 0 Å². The van der Waals surface area contributed by atoms with Gasteiger partial charge >= 0.3 is 11.9 Å². The number of aliphatic imine (C=N–C) groups is 1. The highest BCUT2D eigenvalue weighted by Gasteiger charge is 2.21. The molecule has 2 atom stereocenters. The van der Waals surface area contributed by atoms with Crippen LogP contribution in [0.25, 0.3) is 0 Å². The molecule has 12 nitrogen and oxygen atoms in total. The zero-order valence-electron chi connectivity index (χ0n) is 12.9. The normalized spacial score (nSPS) is 12.5. The van der Waals surface area contributed by atoms with Gasteiger partial charge in [0.05, 0.1) is 19.0 Å². The summed E-state index contributed by atoms with van der Waals surface area (Å²) >= 11 is 0. The molecule has 0 aromatic rings. The van der Waals surface area contributed by atoms with E-state index in [1.807, 2.05) is 0 Å². The van der Waals surface area contributed by atoms with Gasteiger partial charge in [-0.05, 0) is 12.8 Å². The number of guanidine groups is 1. The predicted molar refractivity (Wildman–Crippen MR) is 82.7 cm³/mol. The molecule has 0 rings (SSSR count). The van der Waals surface area contributed by atoms with Gasteiger partial charge in [-0.25, -0.2) is 4.79 Å². The summed E-state index contributed by atoms with van der Waals surface area (Å²) in [5.74, 6) is -4.20. The fraction of sp³-hybridized carbons (Fsp3) is 0.583. The number of nitrogens with zero attached hydrogens (tertiary/aromatic N) is 1. The summed E-state index contributed by atoms with van der Waals surface area (Å²) in [5, 5.41) is 21.9. The first-order valence-electron chi connectivity index (χ1n) is 6.96. The van der Waals surface area contributed by atoms with Crippen LogP contribution in [0.15, 0.2) is 4.99 Å². The van der Waals surface area contributed by atoms with Crippen LogP contribution < -0.4 is 27.8 Å². The van der Waals surface area contributed by atoms with Gasteiger partial charge < -0.3 is 38.0 Å². The Kier molecular flexibility index (Phi) is 9.48. The largest absolute Gasteiger partial charge is 0.481 e. The van der Waals surface area contributed by atoms with Crippen LogP contribution in [0, 0.1) is 0 Å². The number of hydrogen-bond donors (Lipinski definition) is 7. The summed E-state index contributed by atoms with van der Waals surface area (Å²) in [7, 11) is 0. The highest BCUT2D eigenvalue weighted by molar-refractivity contribution is 5.90. The van der Waals surface area contributed by atoms with Gasteiger partial charge in [0.2, 0.25) is 11.8 Å². The average Bonchev–Trinajstić information content (AvgIpc) is 2.46. The highest BCUT2D eigenvalue weighted by atomic mass is 16.4. The zero-order chi connectivity index (χ0) is 18.7. The number of hydrogen-bond acceptors (Lipinski definition) is 6. The van der Waals surface area contributed by atoms with Gasteiger partial charge in [-0.2, -0.15) is 0 Å². The quantitative estimate of drug-likeness (QED) is 0.112. The molecule has 0 saturated heterocycles. The number of amides is 2. The minimum absolute atomic E-state index is 0.0876. The molecule has 0 aliphatic heterocycles. The summed E-state index contributed by atoms with van der Waals surface area (Å²) in [6.07, 6.45) is -0.175. The van der Waals surface area contributed by atoms with Gasteiger partial charge in [0.15, 0.2) is 5.96 Å². The number of carboxylic acid groups (broad SMARTS) is 2. The van der Waals surface area contributed by atoms with Crippen LogP contribution in [-0.4, -0.2) is 65.1 Å². The molecule has 0 fully saturated rings.